The summed E-state index contributed by atoms with van der Waals surface area (Å²) in [6.45, 7) is 8.05. The Labute approximate surface area is 167 Å². The number of nitrogens with one attached hydrogen (secondary N) is 1. The van der Waals surface area contributed by atoms with Gasteiger partial charge in [0.1, 0.15) is 5.75 Å². The van der Waals surface area contributed by atoms with Crippen LogP contribution in [0.1, 0.15) is 45.6 Å². The Morgan fingerprint density at radius 1 is 1.07 bits per heavy atom. The zero-order chi connectivity index (χ0) is 21.2. The summed E-state index contributed by atoms with van der Waals surface area (Å²) in [5, 5.41) is 2.99. The summed E-state index contributed by atoms with van der Waals surface area (Å²) >= 11 is 0. The number of aryl methyl sites for hydroxylation is 3. The van der Waals surface area contributed by atoms with Gasteiger partial charge in [0.15, 0.2) is 0 Å². The first-order valence-corrected chi connectivity index (χ1v) is 10.8. The minimum Gasteiger partial charge on any atom is -0.496 e. The van der Waals surface area contributed by atoms with E-state index in [1.807, 2.05) is 20.8 Å². The van der Waals surface area contributed by atoms with Crippen LogP contribution in [0.5, 0.6) is 5.75 Å². The molecule has 0 fully saturated rings. The number of benzene rings is 2. The van der Waals surface area contributed by atoms with Crippen molar-refractivity contribution in [2.24, 2.45) is 0 Å². The van der Waals surface area contributed by atoms with Crippen LogP contribution in [0.4, 0.5) is 5.69 Å². The van der Waals surface area contributed by atoms with Gasteiger partial charge in [-0.2, -0.15) is 0 Å². The van der Waals surface area contributed by atoms with Gasteiger partial charge in [0.2, 0.25) is 10.0 Å². The molecule has 2 aromatic carbocycles. The van der Waals surface area contributed by atoms with Crippen LogP contribution in [0.25, 0.3) is 0 Å². The zero-order valence-corrected chi connectivity index (χ0v) is 18.3. The summed E-state index contributed by atoms with van der Waals surface area (Å²) < 4.78 is 30.1. The lowest BCUT2D eigenvalue weighted by molar-refractivity contribution is 0.0936. The van der Waals surface area contributed by atoms with Crippen molar-refractivity contribution in [3.63, 3.8) is 0 Å². The normalized spacial score (nSPS) is 12.4. The van der Waals surface area contributed by atoms with Gasteiger partial charge in [0.25, 0.3) is 5.91 Å². The standard InChI is InChI=1S/C21H28N2O4S/c1-13-10-15(3)18(11-14(13)2)16(4)22-21(24)19-12-17(8-9-20(19)27-6)23(5)28(7,25)26/h8-12,16H,1-7H3,(H,22,24)/t16-/m0/s1. The molecule has 6 nitrogen and oxygen atoms in total. The third kappa shape index (κ3) is 4.65. The molecule has 0 saturated carbocycles. The maximum atomic E-state index is 12.9. The lowest BCUT2D eigenvalue weighted by Crippen LogP contribution is -2.29. The first-order valence-electron chi connectivity index (χ1n) is 8.96. The molecule has 0 radical (unpaired) electrons. The number of rotatable bonds is 6. The molecule has 2 aromatic rings. The number of sulfonamides is 1. The van der Waals surface area contributed by atoms with E-state index in [-0.39, 0.29) is 17.5 Å². The largest absolute Gasteiger partial charge is 0.496 e. The Morgan fingerprint density at radius 3 is 2.25 bits per heavy atom. The quantitative estimate of drug-likeness (QED) is 0.799. The molecule has 1 amide bonds. The van der Waals surface area contributed by atoms with Gasteiger partial charge < -0.3 is 10.1 Å². The summed E-state index contributed by atoms with van der Waals surface area (Å²) in [6, 6.07) is 8.70. The van der Waals surface area contributed by atoms with Crippen LogP contribution in [0.2, 0.25) is 0 Å². The molecule has 0 bridgehead atoms. The van der Waals surface area contributed by atoms with Crippen molar-refractivity contribution in [2.45, 2.75) is 33.7 Å². The van der Waals surface area contributed by atoms with Crippen molar-refractivity contribution in [3.8, 4) is 5.75 Å². The van der Waals surface area contributed by atoms with Crippen LogP contribution in [0.3, 0.4) is 0 Å². The summed E-state index contributed by atoms with van der Waals surface area (Å²) in [4.78, 5) is 12.9. The Morgan fingerprint density at radius 2 is 1.68 bits per heavy atom. The maximum Gasteiger partial charge on any atom is 0.255 e. The van der Waals surface area contributed by atoms with E-state index in [4.69, 9.17) is 4.74 Å². The van der Waals surface area contributed by atoms with E-state index in [9.17, 15) is 13.2 Å². The molecule has 0 aliphatic rings. The molecule has 0 saturated heterocycles. The van der Waals surface area contributed by atoms with Crippen LogP contribution in [0, 0.1) is 20.8 Å². The SMILES string of the molecule is COc1ccc(N(C)S(C)(=O)=O)cc1C(=O)N[C@@H](C)c1cc(C)c(C)cc1C. The fourth-order valence-corrected chi connectivity index (χ4v) is 3.56. The predicted molar refractivity (Wildman–Crippen MR) is 113 cm³/mol. The summed E-state index contributed by atoms with van der Waals surface area (Å²) in [5.41, 5.74) is 5.19. The Kier molecular flexibility index (Phi) is 6.39. The van der Waals surface area contributed by atoms with E-state index in [2.05, 4.69) is 24.4 Å². The molecule has 1 N–H and O–H groups in total. The number of hydrogen-bond donors (Lipinski definition) is 1. The Hall–Kier alpha value is -2.54. The number of anilines is 1. The molecule has 2 rings (SSSR count). The number of carbonyl (C=O) groups is 1. The van der Waals surface area contributed by atoms with Gasteiger partial charge in [0, 0.05) is 7.05 Å². The molecule has 1 atom stereocenters. The monoisotopic (exact) mass is 404 g/mol. The molecule has 152 valence electrons. The Bertz CT molecular complexity index is 1000. The molecule has 0 aromatic heterocycles. The van der Waals surface area contributed by atoms with Crippen LogP contribution < -0.4 is 14.4 Å². The highest BCUT2D eigenvalue weighted by atomic mass is 32.2. The van der Waals surface area contributed by atoms with Crippen molar-refractivity contribution in [1.29, 1.82) is 0 Å². The minimum atomic E-state index is -3.44. The average molecular weight is 405 g/mol. The molecule has 0 spiro atoms. The van der Waals surface area contributed by atoms with E-state index >= 15 is 0 Å². The number of nitrogens with zero attached hydrogens (tertiary/aromatic N) is 1. The van der Waals surface area contributed by atoms with Crippen molar-refractivity contribution in [3.05, 3.63) is 58.1 Å². The summed E-state index contributed by atoms with van der Waals surface area (Å²) in [6.07, 6.45) is 1.11. The lowest BCUT2D eigenvalue weighted by Gasteiger charge is -2.21. The molecule has 28 heavy (non-hydrogen) atoms. The molecule has 0 heterocycles. The van der Waals surface area contributed by atoms with Crippen LogP contribution in [0.15, 0.2) is 30.3 Å². The molecular weight excluding hydrogens is 376 g/mol. The molecule has 0 aliphatic carbocycles. The van der Waals surface area contributed by atoms with Gasteiger partial charge in [-0.25, -0.2) is 8.42 Å². The van der Waals surface area contributed by atoms with Gasteiger partial charge in [-0.3, -0.25) is 9.10 Å². The number of ether oxygens (including phenoxy) is 1. The van der Waals surface area contributed by atoms with Crippen LogP contribution in [-0.4, -0.2) is 34.7 Å². The first-order chi connectivity index (χ1) is 13.0. The van der Waals surface area contributed by atoms with E-state index in [1.165, 1.54) is 25.8 Å². The van der Waals surface area contributed by atoms with Gasteiger partial charge in [-0.1, -0.05) is 12.1 Å². The number of hydrogen-bond acceptors (Lipinski definition) is 4. The van der Waals surface area contributed by atoms with Gasteiger partial charge >= 0.3 is 0 Å². The van der Waals surface area contributed by atoms with Gasteiger partial charge in [-0.05, 0) is 68.1 Å². The smallest absolute Gasteiger partial charge is 0.255 e. The summed E-state index contributed by atoms with van der Waals surface area (Å²) in [5.74, 6) is 0.0536. The zero-order valence-electron chi connectivity index (χ0n) is 17.5. The fourth-order valence-electron chi connectivity index (χ4n) is 3.06. The highest BCUT2D eigenvalue weighted by Gasteiger charge is 2.20. The topological polar surface area (TPSA) is 75.7 Å². The maximum absolute atomic E-state index is 12.9. The van der Waals surface area contributed by atoms with Crippen LogP contribution >= 0.6 is 0 Å². The number of carbonyl (C=O) groups excluding carboxylic acids is 1. The van der Waals surface area contributed by atoms with Crippen molar-refractivity contribution in [1.82, 2.24) is 5.32 Å². The van der Waals surface area contributed by atoms with Crippen molar-refractivity contribution in [2.75, 3.05) is 24.7 Å². The second-order valence-electron chi connectivity index (χ2n) is 7.10. The van der Waals surface area contributed by atoms with Crippen molar-refractivity contribution < 1.29 is 17.9 Å². The summed E-state index contributed by atoms with van der Waals surface area (Å²) in [7, 11) is -0.518. The van der Waals surface area contributed by atoms with Crippen molar-refractivity contribution >= 4 is 21.6 Å². The predicted octanol–water partition coefficient (Wildman–Crippen LogP) is 3.51. The fraction of sp³-hybridized carbons (Fsp3) is 0.381. The number of amides is 1. The van der Waals surface area contributed by atoms with Gasteiger partial charge in [-0.15, -0.1) is 0 Å². The average Bonchev–Trinajstić information content (AvgIpc) is 2.62. The molecule has 0 aliphatic heterocycles. The third-order valence-electron chi connectivity index (χ3n) is 4.99. The number of methoxy groups -OCH3 is 1. The second kappa shape index (κ2) is 8.22. The minimum absolute atomic E-state index is 0.215. The Balaban J connectivity index is 2.36. The highest BCUT2D eigenvalue weighted by Crippen LogP contribution is 2.27. The third-order valence-corrected chi connectivity index (χ3v) is 6.19. The lowest BCUT2D eigenvalue weighted by atomic mass is 9.96. The van der Waals surface area contributed by atoms with Gasteiger partial charge in [0.05, 0.1) is 30.7 Å². The highest BCUT2D eigenvalue weighted by molar-refractivity contribution is 7.92. The van der Waals surface area contributed by atoms with Crippen LogP contribution in [-0.2, 0) is 10.0 Å². The molecule has 0 unspecified atom stereocenters. The second-order valence-corrected chi connectivity index (χ2v) is 9.12. The van der Waals surface area contributed by atoms with E-state index < -0.39 is 10.0 Å². The first kappa shape index (κ1) is 21.8. The van der Waals surface area contributed by atoms with E-state index in [0.717, 1.165) is 27.3 Å². The van der Waals surface area contributed by atoms with E-state index in [0.29, 0.717) is 11.4 Å². The molecule has 7 heteroatoms. The molecular formula is C21H28N2O4S. The van der Waals surface area contributed by atoms with E-state index in [1.54, 1.807) is 12.1 Å².